The minimum absolute atomic E-state index is 0.0839. The molecule has 1 aliphatic carbocycles. The van der Waals surface area contributed by atoms with Gasteiger partial charge >= 0.3 is 0 Å². The summed E-state index contributed by atoms with van der Waals surface area (Å²) in [4.78, 5) is 24.7. The van der Waals surface area contributed by atoms with E-state index in [2.05, 4.69) is 12.6 Å². The van der Waals surface area contributed by atoms with Gasteiger partial charge in [-0.25, -0.2) is 0 Å². The largest absolute Gasteiger partial charge is 0.395 e. The first kappa shape index (κ1) is 15.3. The van der Waals surface area contributed by atoms with Crippen LogP contribution in [0.15, 0.2) is 35.2 Å². The monoisotopic (exact) mass is 312 g/mol. The molecule has 0 spiro atoms. The summed E-state index contributed by atoms with van der Waals surface area (Å²) in [5.41, 5.74) is 0.677. The Kier molecular flexibility index (Phi) is 4.70. The van der Waals surface area contributed by atoms with Gasteiger partial charge in [0.15, 0.2) is 5.78 Å². The molecule has 108 valence electrons. The molecule has 1 unspecified atom stereocenters. The van der Waals surface area contributed by atoms with Crippen molar-refractivity contribution in [2.75, 3.05) is 23.9 Å². The number of fused-ring (bicyclic) bond motifs is 1. The Bertz CT molecular complexity index is 574. The zero-order valence-electron chi connectivity index (χ0n) is 10.8. The lowest BCUT2D eigenvalue weighted by Crippen LogP contribution is -2.25. The summed E-state index contributed by atoms with van der Waals surface area (Å²) in [7, 11) is -2.50. The molecule has 1 atom stereocenters. The van der Waals surface area contributed by atoms with Crippen molar-refractivity contribution in [2.24, 2.45) is 0 Å². The molecule has 0 heterocycles. The van der Waals surface area contributed by atoms with Crippen LogP contribution >= 0.6 is 22.9 Å². The zero-order chi connectivity index (χ0) is 14.8. The van der Waals surface area contributed by atoms with Crippen molar-refractivity contribution >= 4 is 34.5 Å². The molecule has 1 aromatic carbocycles. The second kappa shape index (κ2) is 6.13. The van der Waals surface area contributed by atoms with E-state index >= 15 is 0 Å². The van der Waals surface area contributed by atoms with Crippen LogP contribution in [0.5, 0.6) is 0 Å². The first-order valence-corrected chi connectivity index (χ1v) is 8.72. The second-order valence-electron chi connectivity index (χ2n) is 4.45. The summed E-state index contributed by atoms with van der Waals surface area (Å²) >= 11 is 4.09. The molecular formula is C14H16O4S2. The van der Waals surface area contributed by atoms with Crippen LogP contribution in [-0.2, 0) is 0 Å². The van der Waals surface area contributed by atoms with Gasteiger partial charge in [-0.3, -0.25) is 9.59 Å². The van der Waals surface area contributed by atoms with Gasteiger partial charge in [-0.05, 0) is 0 Å². The number of rotatable bonds is 5. The predicted octanol–water partition coefficient (Wildman–Crippen LogP) is 2.15. The van der Waals surface area contributed by atoms with Crippen molar-refractivity contribution in [3.8, 4) is 0 Å². The van der Waals surface area contributed by atoms with E-state index in [1.165, 1.54) is 6.08 Å². The molecule has 2 N–H and O–H groups in total. The van der Waals surface area contributed by atoms with Crippen LogP contribution in [0.25, 0.3) is 0 Å². The molecule has 0 saturated heterocycles. The molecule has 0 saturated carbocycles. The number of ketones is 2. The third-order valence-corrected chi connectivity index (χ3v) is 6.58. The number of allylic oxidation sites excluding steroid dienone is 2. The summed E-state index contributed by atoms with van der Waals surface area (Å²) in [6.45, 7) is -0.236. The second-order valence-corrected chi connectivity index (χ2v) is 7.83. The smallest absolute Gasteiger partial charge is 0.200 e. The van der Waals surface area contributed by atoms with E-state index in [0.717, 1.165) is 0 Å². The van der Waals surface area contributed by atoms with E-state index in [-0.39, 0.29) is 34.6 Å². The number of aliphatic hydroxyl groups excluding tert-OH is 1. The molecular weight excluding hydrogens is 296 g/mol. The van der Waals surface area contributed by atoms with E-state index in [1.807, 2.05) is 0 Å². The van der Waals surface area contributed by atoms with Crippen molar-refractivity contribution in [1.29, 1.82) is 0 Å². The number of Topliss-reactive ketones (excluding diaryl/α,β-unsaturated/α-hetero) is 1. The Morgan fingerprint density at radius 1 is 1.10 bits per heavy atom. The summed E-state index contributed by atoms with van der Waals surface area (Å²) < 4.78 is 10.7. The maximum Gasteiger partial charge on any atom is 0.200 e. The number of carbonyl (C=O) groups is 2. The van der Waals surface area contributed by atoms with Crippen LogP contribution in [0, 0.1) is 0 Å². The number of carbonyl (C=O) groups excluding carboxylic acids is 2. The van der Waals surface area contributed by atoms with E-state index in [4.69, 9.17) is 5.11 Å². The van der Waals surface area contributed by atoms with Gasteiger partial charge in [0.2, 0.25) is 5.78 Å². The van der Waals surface area contributed by atoms with Crippen molar-refractivity contribution in [1.82, 2.24) is 0 Å². The maximum absolute atomic E-state index is 12.5. The van der Waals surface area contributed by atoms with Gasteiger partial charge in [-0.15, -0.1) is 10.3 Å². The highest BCUT2D eigenvalue weighted by Crippen LogP contribution is 2.53. The standard InChI is InChI=1S/C14H16O4S2/c15-5-7-20(18,8-6-19)13-9-12(16)10-3-1-2-4-11(10)14(13)17/h1-4,9,15,18-19H,5-8H2. The Morgan fingerprint density at radius 2 is 1.75 bits per heavy atom. The van der Waals surface area contributed by atoms with Gasteiger partial charge in [0.25, 0.3) is 0 Å². The van der Waals surface area contributed by atoms with Gasteiger partial charge in [0.05, 0.1) is 11.5 Å². The Hall–Kier alpha value is -1.08. The lowest BCUT2D eigenvalue weighted by Gasteiger charge is -2.36. The normalized spacial score (nSPS) is 19.1. The van der Waals surface area contributed by atoms with Crippen molar-refractivity contribution in [3.05, 3.63) is 46.4 Å². The fourth-order valence-corrected chi connectivity index (χ4v) is 5.13. The minimum atomic E-state index is -2.50. The number of hydrogen-bond acceptors (Lipinski definition) is 5. The molecule has 2 rings (SSSR count). The van der Waals surface area contributed by atoms with Crippen molar-refractivity contribution < 1.29 is 19.2 Å². The van der Waals surface area contributed by atoms with Crippen LogP contribution in [-0.4, -0.2) is 45.1 Å². The predicted molar refractivity (Wildman–Crippen MR) is 84.1 cm³/mol. The highest BCUT2D eigenvalue weighted by Gasteiger charge is 2.35. The maximum atomic E-state index is 12.5. The number of benzene rings is 1. The molecule has 0 aromatic heterocycles. The van der Waals surface area contributed by atoms with Gasteiger partial charge in [0.1, 0.15) is 0 Å². The fraction of sp³-hybridized carbons (Fsp3) is 0.286. The topological polar surface area (TPSA) is 74.6 Å². The Balaban J connectivity index is 2.48. The highest BCUT2D eigenvalue weighted by atomic mass is 32.3. The van der Waals surface area contributed by atoms with E-state index in [9.17, 15) is 14.1 Å². The van der Waals surface area contributed by atoms with Crippen LogP contribution in [0.4, 0.5) is 0 Å². The van der Waals surface area contributed by atoms with Crippen LogP contribution in [0.3, 0.4) is 0 Å². The Morgan fingerprint density at radius 3 is 2.35 bits per heavy atom. The quantitative estimate of drug-likeness (QED) is 0.728. The van der Waals surface area contributed by atoms with Gasteiger partial charge < -0.3 is 9.66 Å². The van der Waals surface area contributed by atoms with Crippen molar-refractivity contribution in [2.45, 2.75) is 0 Å². The number of aliphatic hydroxyl groups is 1. The van der Waals surface area contributed by atoms with E-state index < -0.39 is 10.3 Å². The van der Waals surface area contributed by atoms with Crippen LogP contribution < -0.4 is 0 Å². The third-order valence-electron chi connectivity index (χ3n) is 3.19. The molecule has 20 heavy (non-hydrogen) atoms. The third kappa shape index (κ3) is 2.69. The summed E-state index contributed by atoms with van der Waals surface area (Å²) in [5.74, 6) is 0.141. The highest BCUT2D eigenvalue weighted by molar-refractivity contribution is 8.33. The average molecular weight is 312 g/mol. The number of thiol groups is 1. The lowest BCUT2D eigenvalue weighted by atomic mass is 9.95. The fourth-order valence-electron chi connectivity index (χ4n) is 2.20. The number of hydrogen-bond donors (Lipinski definition) is 3. The summed E-state index contributed by atoms with van der Waals surface area (Å²) in [6.07, 6.45) is 1.22. The average Bonchev–Trinajstić information content (AvgIpc) is 2.43. The summed E-state index contributed by atoms with van der Waals surface area (Å²) in [6, 6.07) is 6.57. The van der Waals surface area contributed by atoms with Crippen LogP contribution in [0.2, 0.25) is 0 Å². The molecule has 1 aromatic rings. The summed E-state index contributed by atoms with van der Waals surface area (Å²) in [5, 5.41) is 9.12. The molecule has 6 heteroatoms. The van der Waals surface area contributed by atoms with Crippen molar-refractivity contribution in [3.63, 3.8) is 0 Å². The molecule has 0 radical (unpaired) electrons. The van der Waals surface area contributed by atoms with Gasteiger partial charge in [-0.1, -0.05) is 24.3 Å². The Labute approximate surface area is 124 Å². The molecule has 1 aliphatic rings. The SMILES string of the molecule is O=C1C=C(S(O)(CCO)CCS)C(=O)c2ccccc21. The molecule has 0 aliphatic heterocycles. The molecule has 0 fully saturated rings. The minimum Gasteiger partial charge on any atom is -0.395 e. The van der Waals surface area contributed by atoms with E-state index in [1.54, 1.807) is 24.3 Å². The lowest BCUT2D eigenvalue weighted by molar-refractivity contribution is 0.0990. The van der Waals surface area contributed by atoms with Crippen LogP contribution in [0.1, 0.15) is 20.7 Å². The zero-order valence-corrected chi connectivity index (χ0v) is 12.5. The molecule has 0 amide bonds. The van der Waals surface area contributed by atoms with E-state index in [0.29, 0.717) is 16.9 Å². The first-order valence-electron chi connectivity index (χ1n) is 6.16. The molecule has 4 nitrogen and oxygen atoms in total. The van der Waals surface area contributed by atoms with Gasteiger partial charge in [0, 0.05) is 34.5 Å². The molecule has 0 bridgehead atoms. The first-order chi connectivity index (χ1) is 9.53. The van der Waals surface area contributed by atoms with Gasteiger partial charge in [-0.2, -0.15) is 12.6 Å².